The molecule has 2 fully saturated rings. The largest absolute Gasteiger partial charge is 0.497 e. The Morgan fingerprint density at radius 3 is 2.39 bits per heavy atom. The van der Waals surface area contributed by atoms with Crippen LogP contribution >= 0.6 is 0 Å². The average Bonchev–Trinajstić information content (AvgIpc) is 3.22. The monoisotopic (exact) mass is 318 g/mol. The summed E-state index contributed by atoms with van der Waals surface area (Å²) in [4.78, 5) is 14.7. The van der Waals surface area contributed by atoms with Gasteiger partial charge in [0.25, 0.3) is 0 Å². The minimum absolute atomic E-state index is 0.0218. The molecule has 2 N–H and O–H groups in total. The van der Waals surface area contributed by atoms with E-state index in [1.54, 1.807) is 14.2 Å². The van der Waals surface area contributed by atoms with E-state index in [1.165, 1.54) is 5.56 Å². The summed E-state index contributed by atoms with van der Waals surface area (Å²) in [5, 5.41) is 0. The van der Waals surface area contributed by atoms with Gasteiger partial charge in [-0.2, -0.15) is 0 Å². The highest BCUT2D eigenvalue weighted by atomic mass is 16.5. The number of nitrogens with zero attached hydrogens (tertiary/aromatic N) is 1. The van der Waals surface area contributed by atoms with E-state index < -0.39 is 0 Å². The number of rotatable bonds is 4. The van der Waals surface area contributed by atoms with Crippen molar-refractivity contribution in [2.75, 3.05) is 27.3 Å². The van der Waals surface area contributed by atoms with E-state index >= 15 is 0 Å². The highest BCUT2D eigenvalue weighted by molar-refractivity contribution is 5.80. The van der Waals surface area contributed by atoms with Gasteiger partial charge in [0.15, 0.2) is 0 Å². The smallest absolute Gasteiger partial charge is 0.227 e. The van der Waals surface area contributed by atoms with Crippen LogP contribution in [0.25, 0.3) is 0 Å². The maximum atomic E-state index is 12.7. The number of carbonyl (C=O) groups is 1. The Bertz CT molecular complexity index is 553. The van der Waals surface area contributed by atoms with Crippen LogP contribution in [0.5, 0.6) is 11.5 Å². The lowest BCUT2D eigenvalue weighted by atomic mass is 9.97. The van der Waals surface area contributed by atoms with Crippen LogP contribution in [0.15, 0.2) is 18.2 Å². The van der Waals surface area contributed by atoms with Crippen molar-refractivity contribution in [1.29, 1.82) is 0 Å². The number of hydrogen-bond acceptors (Lipinski definition) is 4. The second-order valence-corrected chi connectivity index (χ2v) is 6.62. The third kappa shape index (κ3) is 3.29. The molecular formula is C18H26N2O3. The van der Waals surface area contributed by atoms with Crippen molar-refractivity contribution in [1.82, 2.24) is 4.90 Å². The molecule has 1 saturated heterocycles. The van der Waals surface area contributed by atoms with Crippen molar-refractivity contribution < 1.29 is 14.3 Å². The minimum atomic E-state index is 0.0218. The summed E-state index contributed by atoms with van der Waals surface area (Å²) in [6.07, 6.45) is 3.96. The number of carbonyl (C=O) groups excluding carboxylic acids is 1. The van der Waals surface area contributed by atoms with E-state index in [1.807, 2.05) is 23.1 Å². The molecule has 5 nitrogen and oxygen atoms in total. The van der Waals surface area contributed by atoms with E-state index in [0.717, 1.165) is 50.3 Å². The van der Waals surface area contributed by atoms with Gasteiger partial charge in [0.1, 0.15) is 11.5 Å². The summed E-state index contributed by atoms with van der Waals surface area (Å²) < 4.78 is 10.7. The molecule has 3 rings (SSSR count). The molecule has 1 amide bonds. The molecule has 1 aromatic carbocycles. The predicted molar refractivity (Wildman–Crippen MR) is 88.8 cm³/mol. The number of methoxy groups -OCH3 is 2. The molecule has 0 spiro atoms. The summed E-state index contributed by atoms with van der Waals surface area (Å²) in [5.74, 6) is 2.19. The van der Waals surface area contributed by atoms with Crippen LogP contribution in [0.1, 0.15) is 37.2 Å². The lowest BCUT2D eigenvalue weighted by Gasteiger charge is -2.23. The normalized spacial score (nSPS) is 27.3. The fraction of sp³-hybridized carbons (Fsp3) is 0.611. The molecule has 1 saturated carbocycles. The Hall–Kier alpha value is -1.75. The first-order valence-corrected chi connectivity index (χ1v) is 8.39. The highest BCUT2D eigenvalue weighted by Crippen LogP contribution is 2.34. The molecule has 126 valence electrons. The van der Waals surface area contributed by atoms with Crippen LogP contribution in [-0.4, -0.2) is 44.2 Å². The molecule has 3 atom stereocenters. The second-order valence-electron chi connectivity index (χ2n) is 6.62. The van der Waals surface area contributed by atoms with Crippen molar-refractivity contribution in [2.24, 2.45) is 11.7 Å². The van der Waals surface area contributed by atoms with E-state index in [4.69, 9.17) is 15.2 Å². The standard InChI is InChI=1S/C18H26N2O3/c1-22-14-8-13(9-15(10-14)23-2)12-6-7-20(11-12)18(21)16-4-3-5-17(16)19/h8-10,12,16-17H,3-7,11,19H2,1-2H3/t12-,16+,17-/m1/s1. The van der Waals surface area contributed by atoms with Crippen molar-refractivity contribution in [3.63, 3.8) is 0 Å². The molecule has 2 aliphatic rings. The first-order chi connectivity index (χ1) is 11.1. The summed E-state index contributed by atoms with van der Waals surface area (Å²) in [5.41, 5.74) is 7.26. The summed E-state index contributed by atoms with van der Waals surface area (Å²) in [6.45, 7) is 1.57. The van der Waals surface area contributed by atoms with Crippen LogP contribution in [-0.2, 0) is 4.79 Å². The third-order valence-electron chi connectivity index (χ3n) is 5.23. The minimum Gasteiger partial charge on any atom is -0.497 e. The zero-order valence-electron chi connectivity index (χ0n) is 14.0. The molecule has 0 bridgehead atoms. The molecule has 23 heavy (non-hydrogen) atoms. The van der Waals surface area contributed by atoms with Crippen LogP contribution in [0.4, 0.5) is 0 Å². The fourth-order valence-corrected chi connectivity index (χ4v) is 3.83. The Balaban J connectivity index is 1.71. The van der Waals surface area contributed by atoms with Crippen LogP contribution in [0, 0.1) is 5.92 Å². The SMILES string of the molecule is COc1cc(OC)cc([C@@H]2CCN(C(=O)[C@H]3CCC[C@H]3N)C2)c1. The zero-order valence-corrected chi connectivity index (χ0v) is 14.0. The first kappa shape index (κ1) is 16.1. The van der Waals surface area contributed by atoms with Crippen LogP contribution in [0.3, 0.4) is 0 Å². The van der Waals surface area contributed by atoms with Crippen molar-refractivity contribution in [3.05, 3.63) is 23.8 Å². The van der Waals surface area contributed by atoms with E-state index in [-0.39, 0.29) is 17.9 Å². The van der Waals surface area contributed by atoms with Gasteiger partial charge in [-0.25, -0.2) is 0 Å². The maximum Gasteiger partial charge on any atom is 0.227 e. The molecule has 0 radical (unpaired) electrons. The second kappa shape index (κ2) is 6.79. The van der Waals surface area contributed by atoms with Gasteiger partial charge >= 0.3 is 0 Å². The number of ether oxygens (including phenoxy) is 2. The molecule has 5 heteroatoms. The topological polar surface area (TPSA) is 64.8 Å². The lowest BCUT2D eigenvalue weighted by Crippen LogP contribution is -2.40. The predicted octanol–water partition coefficient (Wildman–Crippen LogP) is 2.15. The molecule has 1 aliphatic carbocycles. The fourth-order valence-electron chi connectivity index (χ4n) is 3.83. The first-order valence-electron chi connectivity index (χ1n) is 8.39. The van der Waals surface area contributed by atoms with Gasteiger partial charge in [-0.15, -0.1) is 0 Å². The van der Waals surface area contributed by atoms with Gasteiger partial charge in [-0.05, 0) is 37.0 Å². The quantitative estimate of drug-likeness (QED) is 0.924. The zero-order chi connectivity index (χ0) is 16.4. The van der Waals surface area contributed by atoms with Gasteiger partial charge in [0.2, 0.25) is 5.91 Å². The van der Waals surface area contributed by atoms with E-state index in [9.17, 15) is 4.79 Å². The lowest BCUT2D eigenvalue weighted by molar-refractivity contribution is -0.134. The van der Waals surface area contributed by atoms with Gasteiger partial charge < -0.3 is 20.1 Å². The van der Waals surface area contributed by atoms with Gasteiger partial charge in [0.05, 0.1) is 20.1 Å². The Morgan fingerprint density at radius 2 is 1.83 bits per heavy atom. The molecule has 1 heterocycles. The van der Waals surface area contributed by atoms with Crippen LogP contribution < -0.4 is 15.2 Å². The Labute approximate surface area is 137 Å². The van der Waals surface area contributed by atoms with Gasteiger partial charge in [-0.1, -0.05) is 6.42 Å². The van der Waals surface area contributed by atoms with Crippen molar-refractivity contribution in [3.8, 4) is 11.5 Å². The summed E-state index contributed by atoms with van der Waals surface area (Å²) in [6, 6.07) is 6.00. The number of nitrogens with two attached hydrogens (primary N) is 1. The van der Waals surface area contributed by atoms with Crippen molar-refractivity contribution >= 4 is 5.91 Å². The number of benzene rings is 1. The van der Waals surface area contributed by atoms with Gasteiger partial charge in [-0.3, -0.25) is 4.79 Å². The molecule has 0 unspecified atom stereocenters. The van der Waals surface area contributed by atoms with Gasteiger partial charge in [0, 0.05) is 31.1 Å². The van der Waals surface area contributed by atoms with Crippen LogP contribution in [0.2, 0.25) is 0 Å². The summed E-state index contributed by atoms with van der Waals surface area (Å²) in [7, 11) is 3.31. The molecular weight excluding hydrogens is 292 g/mol. The number of likely N-dealkylation sites (tertiary alicyclic amines) is 1. The average molecular weight is 318 g/mol. The number of amides is 1. The Kier molecular flexibility index (Phi) is 4.76. The van der Waals surface area contributed by atoms with E-state index in [2.05, 4.69) is 0 Å². The number of hydrogen-bond donors (Lipinski definition) is 1. The highest BCUT2D eigenvalue weighted by Gasteiger charge is 2.36. The van der Waals surface area contributed by atoms with E-state index in [0.29, 0.717) is 5.92 Å². The maximum absolute atomic E-state index is 12.7. The molecule has 0 aromatic heterocycles. The van der Waals surface area contributed by atoms with Crippen molar-refractivity contribution in [2.45, 2.75) is 37.6 Å². The molecule has 1 aliphatic heterocycles. The summed E-state index contributed by atoms with van der Waals surface area (Å²) >= 11 is 0. The molecule has 1 aromatic rings. The Morgan fingerprint density at radius 1 is 1.13 bits per heavy atom. The third-order valence-corrected chi connectivity index (χ3v) is 5.23.